The number of aromatic nitrogens is 4. The molecule has 1 fully saturated rings. The summed E-state index contributed by atoms with van der Waals surface area (Å²) in [5.41, 5.74) is -0.445. The average molecular weight is 450 g/mol. The van der Waals surface area contributed by atoms with Gasteiger partial charge in [0.15, 0.2) is 23.1 Å². The first-order chi connectivity index (χ1) is 13.1. The van der Waals surface area contributed by atoms with Crippen LogP contribution in [0.2, 0.25) is 0 Å². The molecule has 0 aliphatic carbocycles. The Labute approximate surface area is 166 Å². The van der Waals surface area contributed by atoms with Gasteiger partial charge in [-0.1, -0.05) is 0 Å². The Kier molecular flexibility index (Phi) is 7.01. The molecule has 2 aromatic rings. The molecule has 0 saturated carbocycles. The number of aliphatic hydroxyl groups is 1. The first-order valence-corrected chi connectivity index (χ1v) is 8.23. The van der Waals surface area contributed by atoms with Crippen molar-refractivity contribution in [1.82, 2.24) is 24.8 Å². The number of alkyl halides is 6. The van der Waals surface area contributed by atoms with Crippen LogP contribution in [0.25, 0.3) is 11.2 Å². The molecule has 0 aromatic carbocycles. The predicted octanol–water partition coefficient (Wildman–Crippen LogP) is 2.09. The summed E-state index contributed by atoms with van der Waals surface area (Å²) in [4.78, 5) is 11.5. The van der Waals surface area contributed by atoms with Crippen molar-refractivity contribution in [3.8, 4) is 0 Å². The van der Waals surface area contributed by atoms with Gasteiger partial charge < -0.3 is 21.1 Å². The van der Waals surface area contributed by atoms with Gasteiger partial charge in [0.2, 0.25) is 5.95 Å². The van der Waals surface area contributed by atoms with E-state index in [0.717, 1.165) is 13.3 Å². The molecule has 1 aliphatic rings. The smallest absolute Gasteiger partial charge is 0.382 e. The maximum absolute atomic E-state index is 13.9. The first-order valence-electron chi connectivity index (χ1n) is 8.23. The van der Waals surface area contributed by atoms with Crippen LogP contribution in [-0.2, 0) is 0 Å². The Hall–Kier alpha value is -2.06. The van der Waals surface area contributed by atoms with Gasteiger partial charge in [-0.25, -0.2) is 9.37 Å². The van der Waals surface area contributed by atoms with Crippen molar-refractivity contribution in [2.75, 3.05) is 23.7 Å². The number of imidazole rings is 1. The number of anilines is 2. The second-order valence-corrected chi connectivity index (χ2v) is 6.34. The molecule has 1 saturated heterocycles. The minimum atomic E-state index is -4.90. The topological polar surface area (TPSA) is 99.9 Å². The third-order valence-corrected chi connectivity index (χ3v) is 4.26. The Morgan fingerprint density at radius 1 is 1.28 bits per heavy atom. The molecule has 164 valence electrons. The second kappa shape index (κ2) is 8.75. The van der Waals surface area contributed by atoms with Gasteiger partial charge in [0.05, 0.1) is 12.1 Å². The molecule has 0 radical (unpaired) electrons. The summed E-state index contributed by atoms with van der Waals surface area (Å²) in [5, 5.41) is 17.1. The van der Waals surface area contributed by atoms with Gasteiger partial charge in [-0.15, -0.1) is 12.4 Å². The van der Waals surface area contributed by atoms with Crippen molar-refractivity contribution < 1.29 is 31.4 Å². The van der Waals surface area contributed by atoms with Crippen molar-refractivity contribution in [3.63, 3.8) is 0 Å². The van der Waals surface area contributed by atoms with Crippen LogP contribution in [0.5, 0.6) is 0 Å². The lowest BCUT2D eigenvalue weighted by Gasteiger charge is -2.23. The minimum absolute atomic E-state index is 0. The van der Waals surface area contributed by atoms with Gasteiger partial charge >= 0.3 is 12.7 Å². The van der Waals surface area contributed by atoms with Crippen LogP contribution in [0.3, 0.4) is 0 Å². The molecular formula is C14H18ClF6N7O. The highest BCUT2D eigenvalue weighted by Crippen LogP contribution is 2.28. The maximum Gasteiger partial charge on any atom is 0.416 e. The van der Waals surface area contributed by atoms with Gasteiger partial charge in [0.25, 0.3) is 0 Å². The SMILES string of the molecule is C[C@H](Nc1nc(NC2CNCC2F)c2ncn(C(F)F)c2n1)[C@@H](O)C(F)(F)F.Cl. The van der Waals surface area contributed by atoms with E-state index in [1.54, 1.807) is 0 Å². The second-order valence-electron chi connectivity index (χ2n) is 6.34. The lowest BCUT2D eigenvalue weighted by Crippen LogP contribution is -2.42. The Bertz CT molecular complexity index is 835. The molecule has 29 heavy (non-hydrogen) atoms. The summed E-state index contributed by atoms with van der Waals surface area (Å²) in [6, 6.07) is -2.31. The Balaban J connectivity index is 0.00000300. The average Bonchev–Trinajstić information content (AvgIpc) is 3.20. The highest BCUT2D eigenvalue weighted by Gasteiger charge is 2.42. The molecule has 0 amide bonds. The Morgan fingerprint density at radius 2 is 1.97 bits per heavy atom. The summed E-state index contributed by atoms with van der Waals surface area (Å²) in [5.74, 6) is -0.563. The van der Waals surface area contributed by atoms with E-state index >= 15 is 0 Å². The number of fused-ring (bicyclic) bond motifs is 1. The number of rotatable bonds is 6. The van der Waals surface area contributed by atoms with E-state index in [0.29, 0.717) is 4.57 Å². The number of hydrogen-bond donors (Lipinski definition) is 4. The summed E-state index contributed by atoms with van der Waals surface area (Å²) in [6.07, 6.45) is -8.13. The molecule has 3 rings (SSSR count). The van der Waals surface area contributed by atoms with E-state index in [9.17, 15) is 31.4 Å². The van der Waals surface area contributed by atoms with Crippen LogP contribution in [0.1, 0.15) is 13.5 Å². The van der Waals surface area contributed by atoms with Crippen molar-refractivity contribution in [2.24, 2.45) is 0 Å². The van der Waals surface area contributed by atoms with Gasteiger partial charge in [0.1, 0.15) is 12.5 Å². The van der Waals surface area contributed by atoms with E-state index in [1.165, 1.54) is 0 Å². The van der Waals surface area contributed by atoms with E-state index in [-0.39, 0.29) is 42.5 Å². The highest BCUT2D eigenvalue weighted by atomic mass is 35.5. The largest absolute Gasteiger partial charge is 0.416 e. The van der Waals surface area contributed by atoms with Crippen LogP contribution in [0.15, 0.2) is 6.33 Å². The molecule has 4 N–H and O–H groups in total. The molecule has 2 unspecified atom stereocenters. The normalized spacial score (nSPS) is 21.8. The molecule has 3 heterocycles. The zero-order valence-corrected chi connectivity index (χ0v) is 15.6. The number of nitrogens with one attached hydrogen (secondary N) is 3. The minimum Gasteiger partial charge on any atom is -0.382 e. The zero-order chi connectivity index (χ0) is 20.6. The molecule has 0 bridgehead atoms. The number of hydrogen-bond acceptors (Lipinski definition) is 7. The predicted molar refractivity (Wildman–Crippen MR) is 94.1 cm³/mol. The van der Waals surface area contributed by atoms with E-state index in [4.69, 9.17) is 0 Å². The fraction of sp³-hybridized carbons (Fsp3) is 0.643. The van der Waals surface area contributed by atoms with Crippen LogP contribution in [0.4, 0.5) is 38.1 Å². The Morgan fingerprint density at radius 3 is 2.52 bits per heavy atom. The highest BCUT2D eigenvalue weighted by molar-refractivity contribution is 5.85. The first kappa shape index (κ1) is 23.2. The summed E-state index contributed by atoms with van der Waals surface area (Å²) >= 11 is 0. The zero-order valence-electron chi connectivity index (χ0n) is 14.8. The summed E-state index contributed by atoms with van der Waals surface area (Å²) in [7, 11) is 0. The number of nitrogens with zero attached hydrogens (tertiary/aromatic N) is 4. The fourth-order valence-electron chi connectivity index (χ4n) is 2.75. The van der Waals surface area contributed by atoms with Crippen LogP contribution >= 0.6 is 12.4 Å². The van der Waals surface area contributed by atoms with Crippen LogP contribution in [0, 0.1) is 0 Å². The van der Waals surface area contributed by atoms with Crippen LogP contribution in [-0.4, -0.2) is 68.3 Å². The molecule has 8 nitrogen and oxygen atoms in total. The lowest BCUT2D eigenvalue weighted by molar-refractivity contribution is -0.206. The van der Waals surface area contributed by atoms with Crippen molar-refractivity contribution >= 4 is 35.3 Å². The van der Waals surface area contributed by atoms with Crippen molar-refractivity contribution in [2.45, 2.75) is 44.0 Å². The number of halogens is 7. The van der Waals surface area contributed by atoms with Gasteiger partial charge in [0, 0.05) is 13.1 Å². The third-order valence-electron chi connectivity index (χ3n) is 4.26. The van der Waals surface area contributed by atoms with Crippen LogP contribution < -0.4 is 16.0 Å². The van der Waals surface area contributed by atoms with Gasteiger partial charge in [-0.3, -0.25) is 4.57 Å². The lowest BCUT2D eigenvalue weighted by atomic mass is 10.2. The molecule has 4 atom stereocenters. The third kappa shape index (κ3) is 4.93. The van der Waals surface area contributed by atoms with Gasteiger partial charge in [-0.05, 0) is 6.92 Å². The van der Waals surface area contributed by atoms with E-state index < -0.39 is 43.0 Å². The van der Waals surface area contributed by atoms with E-state index in [1.807, 2.05) is 0 Å². The van der Waals surface area contributed by atoms with Crippen molar-refractivity contribution in [1.29, 1.82) is 0 Å². The quantitative estimate of drug-likeness (QED) is 0.501. The number of aliphatic hydroxyl groups excluding tert-OH is 1. The standard InChI is InChI=1S/C14H17F6N7O.ClH/c1-5(9(28)14(18,19)20)23-13-25-10(24-7-3-21-2-6(7)15)8-11(26-13)27(4-22-8)12(16)17;/h4-7,9,12,21,28H,2-3H2,1H3,(H2,23,24,25,26);1H/t5-,6?,7?,9+;/m0./s1. The molecule has 0 spiro atoms. The summed E-state index contributed by atoms with van der Waals surface area (Å²) in [6.45, 7) is -1.67. The maximum atomic E-state index is 13.9. The molecule has 15 heteroatoms. The molecule has 1 aliphatic heterocycles. The summed E-state index contributed by atoms with van der Waals surface area (Å²) < 4.78 is 78.6. The fourth-order valence-corrected chi connectivity index (χ4v) is 2.75. The monoisotopic (exact) mass is 449 g/mol. The van der Waals surface area contributed by atoms with Crippen molar-refractivity contribution in [3.05, 3.63) is 6.33 Å². The van der Waals surface area contributed by atoms with Gasteiger partial charge in [-0.2, -0.15) is 31.9 Å². The molecular weight excluding hydrogens is 432 g/mol. The van der Waals surface area contributed by atoms with E-state index in [2.05, 4.69) is 30.9 Å². The molecule has 2 aromatic heterocycles.